The molecule has 4 amide bonds. The van der Waals surface area contributed by atoms with Gasteiger partial charge >= 0.3 is 12.0 Å². The van der Waals surface area contributed by atoms with Crippen LogP contribution in [0.25, 0.3) is 0 Å². The predicted molar refractivity (Wildman–Crippen MR) is 85.6 cm³/mol. The second kappa shape index (κ2) is 11.1. The van der Waals surface area contributed by atoms with Crippen LogP contribution in [-0.4, -0.2) is 57.2 Å². The zero-order valence-electron chi connectivity index (χ0n) is 13.1. The molecule has 0 bridgehead atoms. The SMILES string of the molecule is COCCNC(=O)NC(=O)COC(=O)CCNC(=O)c1cccs1. The van der Waals surface area contributed by atoms with E-state index >= 15 is 0 Å². The molecule has 0 radical (unpaired) electrons. The minimum Gasteiger partial charge on any atom is -0.456 e. The number of hydrogen-bond donors (Lipinski definition) is 3. The lowest BCUT2D eigenvalue weighted by Gasteiger charge is -2.07. The molecule has 1 heterocycles. The summed E-state index contributed by atoms with van der Waals surface area (Å²) in [5, 5.41) is 8.71. The normalized spacial score (nSPS) is 9.88. The summed E-state index contributed by atoms with van der Waals surface area (Å²) in [7, 11) is 1.48. The van der Waals surface area contributed by atoms with Gasteiger partial charge in [0.25, 0.3) is 11.8 Å². The Hall–Kier alpha value is -2.46. The number of ether oxygens (including phenoxy) is 2. The summed E-state index contributed by atoms with van der Waals surface area (Å²) < 4.78 is 9.43. The third-order valence-corrected chi connectivity index (χ3v) is 3.44. The van der Waals surface area contributed by atoms with Crippen LogP contribution in [-0.2, 0) is 19.1 Å². The monoisotopic (exact) mass is 357 g/mol. The number of urea groups is 1. The summed E-state index contributed by atoms with van der Waals surface area (Å²) >= 11 is 1.29. The first-order valence-corrected chi connectivity index (χ1v) is 7.95. The number of nitrogens with one attached hydrogen (secondary N) is 3. The molecule has 0 spiro atoms. The Morgan fingerprint density at radius 2 is 1.96 bits per heavy atom. The van der Waals surface area contributed by atoms with Crippen LogP contribution >= 0.6 is 11.3 Å². The number of esters is 1. The van der Waals surface area contributed by atoms with Gasteiger partial charge in [0.15, 0.2) is 6.61 Å². The lowest BCUT2D eigenvalue weighted by molar-refractivity contribution is -0.148. The van der Waals surface area contributed by atoms with Gasteiger partial charge in [-0.05, 0) is 11.4 Å². The second-order valence-corrected chi connectivity index (χ2v) is 5.39. The van der Waals surface area contributed by atoms with Crippen LogP contribution in [0.4, 0.5) is 4.79 Å². The smallest absolute Gasteiger partial charge is 0.321 e. The largest absolute Gasteiger partial charge is 0.456 e. The predicted octanol–water partition coefficient (Wildman–Crippen LogP) is -0.117. The van der Waals surface area contributed by atoms with Gasteiger partial charge in [0.2, 0.25) is 0 Å². The molecule has 3 N–H and O–H groups in total. The third-order valence-electron chi connectivity index (χ3n) is 2.57. The van der Waals surface area contributed by atoms with Crippen LogP contribution in [0.1, 0.15) is 16.1 Å². The molecule has 0 aliphatic carbocycles. The van der Waals surface area contributed by atoms with Crippen molar-refractivity contribution in [2.24, 2.45) is 0 Å². The van der Waals surface area contributed by atoms with Gasteiger partial charge in [-0.3, -0.25) is 19.7 Å². The van der Waals surface area contributed by atoms with Crippen molar-refractivity contribution in [1.82, 2.24) is 16.0 Å². The number of hydrogen-bond acceptors (Lipinski definition) is 7. The number of methoxy groups -OCH3 is 1. The lowest BCUT2D eigenvalue weighted by atomic mass is 10.4. The summed E-state index contributed by atoms with van der Waals surface area (Å²) in [5.41, 5.74) is 0. The second-order valence-electron chi connectivity index (χ2n) is 4.44. The maximum atomic E-state index is 11.6. The van der Waals surface area contributed by atoms with Crippen molar-refractivity contribution in [3.05, 3.63) is 22.4 Å². The molecule has 1 aromatic heterocycles. The van der Waals surface area contributed by atoms with Crippen LogP contribution in [0.2, 0.25) is 0 Å². The zero-order chi connectivity index (χ0) is 17.8. The van der Waals surface area contributed by atoms with Gasteiger partial charge in [-0.1, -0.05) is 6.07 Å². The van der Waals surface area contributed by atoms with Gasteiger partial charge in [-0.15, -0.1) is 11.3 Å². The highest BCUT2D eigenvalue weighted by Gasteiger charge is 2.11. The number of carbonyl (C=O) groups is 4. The van der Waals surface area contributed by atoms with Crippen LogP contribution < -0.4 is 16.0 Å². The van der Waals surface area contributed by atoms with Crippen molar-refractivity contribution < 1.29 is 28.7 Å². The first-order chi connectivity index (χ1) is 11.5. The van der Waals surface area contributed by atoms with E-state index in [1.54, 1.807) is 17.5 Å². The van der Waals surface area contributed by atoms with Crippen molar-refractivity contribution in [3.63, 3.8) is 0 Å². The molecule has 24 heavy (non-hydrogen) atoms. The summed E-state index contributed by atoms with van der Waals surface area (Å²) in [6.45, 7) is 0.0806. The van der Waals surface area contributed by atoms with Crippen molar-refractivity contribution in [2.45, 2.75) is 6.42 Å². The Labute approximate surface area is 142 Å². The zero-order valence-corrected chi connectivity index (χ0v) is 13.9. The summed E-state index contributed by atoms with van der Waals surface area (Å²) in [4.78, 5) is 46.2. The van der Waals surface area contributed by atoms with E-state index in [2.05, 4.69) is 10.6 Å². The molecule has 0 fully saturated rings. The molecular formula is C14H19N3O6S. The molecule has 0 aromatic carbocycles. The van der Waals surface area contributed by atoms with E-state index in [9.17, 15) is 19.2 Å². The van der Waals surface area contributed by atoms with Crippen LogP contribution in [0.15, 0.2) is 17.5 Å². The third kappa shape index (κ3) is 8.25. The first-order valence-electron chi connectivity index (χ1n) is 7.07. The van der Waals surface area contributed by atoms with Crippen LogP contribution in [0.5, 0.6) is 0 Å². The highest BCUT2D eigenvalue weighted by atomic mass is 32.1. The molecular weight excluding hydrogens is 338 g/mol. The molecule has 0 aliphatic heterocycles. The van der Waals surface area contributed by atoms with Crippen LogP contribution in [0, 0.1) is 0 Å². The van der Waals surface area contributed by atoms with Crippen molar-refractivity contribution in [2.75, 3.05) is 33.4 Å². The minimum absolute atomic E-state index is 0.0789. The molecule has 0 saturated heterocycles. The fourth-order valence-electron chi connectivity index (χ4n) is 1.46. The highest BCUT2D eigenvalue weighted by Crippen LogP contribution is 2.07. The maximum absolute atomic E-state index is 11.6. The average Bonchev–Trinajstić information content (AvgIpc) is 3.07. The maximum Gasteiger partial charge on any atom is 0.321 e. The fourth-order valence-corrected chi connectivity index (χ4v) is 2.10. The van der Waals surface area contributed by atoms with E-state index in [4.69, 9.17) is 9.47 Å². The number of imide groups is 1. The number of carbonyl (C=O) groups excluding carboxylic acids is 4. The Morgan fingerprint density at radius 3 is 2.62 bits per heavy atom. The first kappa shape index (κ1) is 19.6. The summed E-state index contributed by atoms with van der Waals surface area (Å²) in [5.74, 6) is -1.68. The van der Waals surface area contributed by atoms with Crippen LogP contribution in [0.3, 0.4) is 0 Å². The van der Waals surface area contributed by atoms with Gasteiger partial charge in [-0.2, -0.15) is 0 Å². The number of rotatable bonds is 9. The average molecular weight is 357 g/mol. The molecule has 1 rings (SSSR count). The molecule has 1 aromatic rings. The summed E-state index contributed by atoms with van der Waals surface area (Å²) in [6.07, 6.45) is -0.0789. The lowest BCUT2D eigenvalue weighted by Crippen LogP contribution is -2.42. The standard InChI is InChI=1S/C14H19N3O6S/c1-22-7-6-16-14(21)17-11(18)9-23-12(19)4-5-15-13(20)10-3-2-8-24-10/h2-3,8H,4-7,9H2,1H3,(H,15,20)(H2,16,17,18,21). The van der Waals surface area contributed by atoms with E-state index in [1.807, 2.05) is 5.32 Å². The molecule has 0 saturated carbocycles. The topological polar surface area (TPSA) is 123 Å². The van der Waals surface area contributed by atoms with E-state index < -0.39 is 24.5 Å². The Bertz CT molecular complexity index is 561. The fraction of sp³-hybridized carbons (Fsp3) is 0.429. The number of thiophene rings is 1. The van der Waals surface area contributed by atoms with Crippen molar-refractivity contribution in [3.8, 4) is 0 Å². The van der Waals surface area contributed by atoms with Gasteiger partial charge in [0, 0.05) is 20.2 Å². The molecule has 132 valence electrons. The molecule has 0 atom stereocenters. The Morgan fingerprint density at radius 1 is 1.17 bits per heavy atom. The van der Waals surface area contributed by atoms with E-state index in [1.165, 1.54) is 18.4 Å². The quantitative estimate of drug-likeness (QED) is 0.418. The van der Waals surface area contributed by atoms with Gasteiger partial charge in [-0.25, -0.2) is 4.79 Å². The molecule has 10 heteroatoms. The Kier molecular flexibility index (Phi) is 9.09. The van der Waals surface area contributed by atoms with Gasteiger partial charge < -0.3 is 20.1 Å². The van der Waals surface area contributed by atoms with Crippen molar-refractivity contribution >= 4 is 35.2 Å². The Balaban J connectivity index is 2.11. The molecule has 0 aliphatic rings. The van der Waals surface area contributed by atoms with E-state index in [0.29, 0.717) is 11.5 Å². The van der Waals surface area contributed by atoms with E-state index in [0.717, 1.165) is 0 Å². The molecule has 9 nitrogen and oxygen atoms in total. The van der Waals surface area contributed by atoms with Gasteiger partial charge in [0.1, 0.15) is 0 Å². The molecule has 0 unspecified atom stereocenters. The van der Waals surface area contributed by atoms with Crippen molar-refractivity contribution in [1.29, 1.82) is 0 Å². The van der Waals surface area contributed by atoms with Gasteiger partial charge in [0.05, 0.1) is 17.9 Å². The highest BCUT2D eigenvalue weighted by molar-refractivity contribution is 7.12. The minimum atomic E-state index is -0.749. The summed E-state index contributed by atoms with van der Waals surface area (Å²) in [6, 6.07) is 2.72. The van der Waals surface area contributed by atoms with E-state index in [-0.39, 0.29) is 25.4 Å². The number of amides is 4.